The van der Waals surface area contributed by atoms with Crippen molar-refractivity contribution < 1.29 is 0 Å². The second-order valence-electron chi connectivity index (χ2n) is 4.90. The fourth-order valence-corrected chi connectivity index (χ4v) is 1.69. The van der Waals surface area contributed by atoms with E-state index in [1.807, 2.05) is 0 Å². The number of hydrogen-bond acceptors (Lipinski definition) is 1. The molecule has 90 valence electrons. The van der Waals surface area contributed by atoms with E-state index >= 15 is 0 Å². The Hall–Kier alpha value is -0.310. The lowest BCUT2D eigenvalue weighted by Gasteiger charge is -2.20. The highest BCUT2D eigenvalue weighted by atomic mass is 32.1. The molecule has 0 aliphatic carbocycles. The standard InChI is InChI=1S/C12H26N2S/c1-6-10(4)7-11(5)14-12(15)13-8-9(2)3/h9-11H,6-8H2,1-5H3,(H2,13,14,15). The Morgan fingerprint density at radius 2 is 1.80 bits per heavy atom. The molecule has 0 rings (SSSR count). The summed E-state index contributed by atoms with van der Waals surface area (Å²) in [6.07, 6.45) is 2.41. The molecule has 0 bridgehead atoms. The van der Waals surface area contributed by atoms with Gasteiger partial charge in [-0.3, -0.25) is 0 Å². The Morgan fingerprint density at radius 1 is 1.20 bits per heavy atom. The summed E-state index contributed by atoms with van der Waals surface area (Å²) in [5, 5.41) is 7.34. The highest BCUT2D eigenvalue weighted by Gasteiger charge is 2.08. The van der Waals surface area contributed by atoms with Crippen molar-refractivity contribution in [1.82, 2.24) is 10.6 Å². The fourth-order valence-electron chi connectivity index (χ4n) is 1.40. The quantitative estimate of drug-likeness (QED) is 0.686. The zero-order valence-electron chi connectivity index (χ0n) is 10.8. The van der Waals surface area contributed by atoms with Crippen molar-refractivity contribution in [3.63, 3.8) is 0 Å². The fraction of sp³-hybridized carbons (Fsp3) is 0.917. The summed E-state index contributed by atoms with van der Waals surface area (Å²) in [5.41, 5.74) is 0. The second-order valence-corrected chi connectivity index (χ2v) is 5.31. The van der Waals surface area contributed by atoms with E-state index in [1.54, 1.807) is 0 Å². The first-order valence-corrected chi connectivity index (χ1v) is 6.40. The van der Waals surface area contributed by atoms with Crippen LogP contribution in [0.5, 0.6) is 0 Å². The molecule has 2 nitrogen and oxygen atoms in total. The molecule has 0 saturated carbocycles. The van der Waals surface area contributed by atoms with Crippen molar-refractivity contribution in [2.45, 2.75) is 53.5 Å². The monoisotopic (exact) mass is 230 g/mol. The molecule has 15 heavy (non-hydrogen) atoms. The van der Waals surface area contributed by atoms with Crippen LogP contribution in [0, 0.1) is 11.8 Å². The van der Waals surface area contributed by atoms with Gasteiger partial charge in [-0.1, -0.05) is 34.1 Å². The molecule has 0 radical (unpaired) electrons. The summed E-state index contributed by atoms with van der Waals surface area (Å²) in [7, 11) is 0. The Morgan fingerprint density at radius 3 is 2.27 bits per heavy atom. The molecule has 0 saturated heterocycles. The minimum absolute atomic E-state index is 0.465. The number of rotatable bonds is 6. The first kappa shape index (κ1) is 14.7. The van der Waals surface area contributed by atoms with Gasteiger partial charge in [-0.15, -0.1) is 0 Å². The molecule has 0 aliphatic rings. The van der Waals surface area contributed by atoms with Gasteiger partial charge < -0.3 is 10.6 Å². The molecule has 0 fully saturated rings. The maximum absolute atomic E-state index is 5.22. The highest BCUT2D eigenvalue weighted by molar-refractivity contribution is 7.80. The molecule has 0 aromatic carbocycles. The lowest BCUT2D eigenvalue weighted by Crippen LogP contribution is -2.42. The molecule has 0 spiro atoms. The summed E-state index contributed by atoms with van der Waals surface area (Å²) in [6, 6.07) is 0.465. The Bertz CT molecular complexity index is 180. The third kappa shape index (κ3) is 8.67. The molecule has 3 heteroatoms. The molecule has 2 atom stereocenters. The van der Waals surface area contributed by atoms with Crippen LogP contribution in [0.2, 0.25) is 0 Å². The van der Waals surface area contributed by atoms with Gasteiger partial charge in [-0.2, -0.15) is 0 Å². The van der Waals surface area contributed by atoms with Crippen molar-refractivity contribution in [3.8, 4) is 0 Å². The van der Waals surface area contributed by atoms with Crippen molar-refractivity contribution in [3.05, 3.63) is 0 Å². The minimum atomic E-state index is 0.465. The van der Waals surface area contributed by atoms with Gasteiger partial charge in [0.1, 0.15) is 0 Å². The van der Waals surface area contributed by atoms with Gasteiger partial charge in [0.05, 0.1) is 0 Å². The van der Waals surface area contributed by atoms with Gasteiger partial charge in [0.25, 0.3) is 0 Å². The Kier molecular flexibility index (Phi) is 7.75. The predicted octanol–water partition coefficient (Wildman–Crippen LogP) is 2.93. The van der Waals surface area contributed by atoms with Crippen LogP contribution in [0.1, 0.15) is 47.5 Å². The summed E-state index contributed by atoms with van der Waals surface area (Å²) < 4.78 is 0. The van der Waals surface area contributed by atoms with Crippen molar-refractivity contribution in [2.75, 3.05) is 6.54 Å². The molecular formula is C12H26N2S. The second kappa shape index (κ2) is 7.91. The van der Waals surface area contributed by atoms with Crippen molar-refractivity contribution >= 4 is 17.3 Å². The average Bonchev–Trinajstić information content (AvgIpc) is 2.14. The third-order valence-electron chi connectivity index (χ3n) is 2.50. The first-order valence-electron chi connectivity index (χ1n) is 6.00. The zero-order chi connectivity index (χ0) is 11.8. The lowest BCUT2D eigenvalue weighted by atomic mass is 10.0. The molecule has 0 amide bonds. The van der Waals surface area contributed by atoms with E-state index in [1.165, 1.54) is 12.8 Å². The van der Waals surface area contributed by atoms with Crippen molar-refractivity contribution in [2.24, 2.45) is 11.8 Å². The molecule has 0 heterocycles. The number of thiocarbonyl (C=S) groups is 1. The Balaban J connectivity index is 3.66. The van der Waals surface area contributed by atoms with Crippen LogP contribution in [-0.4, -0.2) is 17.7 Å². The lowest BCUT2D eigenvalue weighted by molar-refractivity contribution is 0.446. The smallest absolute Gasteiger partial charge is 0.166 e. The first-order chi connectivity index (χ1) is 6.95. The average molecular weight is 230 g/mol. The predicted molar refractivity (Wildman–Crippen MR) is 72.1 cm³/mol. The molecule has 0 aromatic rings. The molecular weight excluding hydrogens is 204 g/mol. The van der Waals surface area contributed by atoms with E-state index in [4.69, 9.17) is 12.2 Å². The van der Waals surface area contributed by atoms with E-state index < -0.39 is 0 Å². The minimum Gasteiger partial charge on any atom is -0.362 e. The van der Waals surface area contributed by atoms with Crippen LogP contribution >= 0.6 is 12.2 Å². The van der Waals surface area contributed by atoms with Crippen LogP contribution < -0.4 is 10.6 Å². The van der Waals surface area contributed by atoms with E-state index in [9.17, 15) is 0 Å². The molecule has 2 unspecified atom stereocenters. The normalized spacial score (nSPS) is 14.8. The van der Waals surface area contributed by atoms with Crippen LogP contribution in [-0.2, 0) is 0 Å². The maximum Gasteiger partial charge on any atom is 0.166 e. The Labute approximate surface area is 100 Å². The molecule has 0 aromatic heterocycles. The summed E-state index contributed by atoms with van der Waals surface area (Å²) in [6.45, 7) is 12.0. The van der Waals surface area contributed by atoms with Crippen LogP contribution in [0.15, 0.2) is 0 Å². The number of hydrogen-bond donors (Lipinski definition) is 2. The van der Waals surface area contributed by atoms with Gasteiger partial charge in [0, 0.05) is 12.6 Å². The summed E-state index contributed by atoms with van der Waals surface area (Å²) >= 11 is 5.22. The SMILES string of the molecule is CCC(C)CC(C)NC(=S)NCC(C)C. The molecule has 0 aliphatic heterocycles. The summed E-state index contributed by atoms with van der Waals surface area (Å²) in [4.78, 5) is 0. The van der Waals surface area contributed by atoms with Crippen LogP contribution in [0.25, 0.3) is 0 Å². The van der Waals surface area contributed by atoms with Crippen molar-refractivity contribution in [1.29, 1.82) is 0 Å². The zero-order valence-corrected chi connectivity index (χ0v) is 11.6. The topological polar surface area (TPSA) is 24.1 Å². The highest BCUT2D eigenvalue weighted by Crippen LogP contribution is 2.09. The largest absolute Gasteiger partial charge is 0.362 e. The van der Waals surface area contributed by atoms with Crippen LogP contribution in [0.3, 0.4) is 0 Å². The van der Waals surface area contributed by atoms with Gasteiger partial charge in [0.15, 0.2) is 5.11 Å². The van der Waals surface area contributed by atoms with Gasteiger partial charge >= 0.3 is 0 Å². The maximum atomic E-state index is 5.22. The van der Waals surface area contributed by atoms with Gasteiger partial charge in [-0.25, -0.2) is 0 Å². The number of nitrogens with one attached hydrogen (secondary N) is 2. The van der Waals surface area contributed by atoms with Crippen LogP contribution in [0.4, 0.5) is 0 Å². The van der Waals surface area contributed by atoms with E-state index in [-0.39, 0.29) is 0 Å². The summed E-state index contributed by atoms with van der Waals surface area (Å²) in [5.74, 6) is 1.40. The molecule has 2 N–H and O–H groups in total. The third-order valence-corrected chi connectivity index (χ3v) is 2.76. The van der Waals surface area contributed by atoms with Gasteiger partial charge in [0.2, 0.25) is 0 Å². The van der Waals surface area contributed by atoms with Gasteiger partial charge in [-0.05, 0) is 37.4 Å². The van der Waals surface area contributed by atoms with E-state index in [0.717, 1.165) is 17.6 Å². The van der Waals surface area contributed by atoms with E-state index in [2.05, 4.69) is 45.3 Å². The van der Waals surface area contributed by atoms with E-state index in [0.29, 0.717) is 12.0 Å².